The fourth-order valence-electron chi connectivity index (χ4n) is 2.51. The fourth-order valence-corrected chi connectivity index (χ4v) is 2.51. The number of nitrogens with zero attached hydrogens (tertiary/aromatic N) is 2. The molecular weight excluding hydrogens is 198 g/mol. The van der Waals surface area contributed by atoms with Crippen LogP contribution in [0, 0.1) is 0 Å². The van der Waals surface area contributed by atoms with Crippen LogP contribution >= 0.6 is 0 Å². The van der Waals surface area contributed by atoms with Crippen LogP contribution in [0.15, 0.2) is 18.3 Å². The first kappa shape index (κ1) is 11.4. The lowest BCUT2D eigenvalue weighted by atomic mass is 10.1. The Bertz CT molecular complexity index is 320. The molecule has 1 aliphatic heterocycles. The molecule has 1 aromatic rings. The van der Waals surface area contributed by atoms with Crippen LogP contribution in [0.2, 0.25) is 0 Å². The number of aromatic nitrogens is 1. The molecule has 0 bridgehead atoms. The van der Waals surface area contributed by atoms with Crippen molar-refractivity contribution < 1.29 is 0 Å². The quantitative estimate of drug-likeness (QED) is 0.844. The van der Waals surface area contributed by atoms with Gasteiger partial charge in [0, 0.05) is 19.3 Å². The molecule has 1 aromatic heterocycles. The maximum absolute atomic E-state index is 4.40. The number of rotatable bonds is 4. The Morgan fingerprint density at radius 2 is 2.38 bits per heavy atom. The van der Waals surface area contributed by atoms with E-state index in [2.05, 4.69) is 34.3 Å². The number of hydrogen-bond donors (Lipinski definition) is 1. The van der Waals surface area contributed by atoms with Crippen LogP contribution in [0.3, 0.4) is 0 Å². The monoisotopic (exact) mass is 219 g/mol. The molecule has 0 radical (unpaired) electrons. The SMILES string of the molecule is CCCN1CCCC1c1ccc(NC)nc1. The third-order valence-electron chi connectivity index (χ3n) is 3.30. The minimum Gasteiger partial charge on any atom is -0.373 e. The molecule has 1 fully saturated rings. The largest absolute Gasteiger partial charge is 0.373 e. The Labute approximate surface area is 97.9 Å². The average Bonchev–Trinajstić information content (AvgIpc) is 2.78. The second kappa shape index (κ2) is 5.30. The Kier molecular flexibility index (Phi) is 3.78. The second-order valence-corrected chi connectivity index (χ2v) is 4.42. The molecule has 1 saturated heterocycles. The van der Waals surface area contributed by atoms with Crippen molar-refractivity contribution in [2.24, 2.45) is 0 Å². The van der Waals surface area contributed by atoms with E-state index in [1.165, 1.54) is 37.9 Å². The smallest absolute Gasteiger partial charge is 0.125 e. The molecule has 0 saturated carbocycles. The average molecular weight is 219 g/mol. The van der Waals surface area contributed by atoms with Crippen LogP contribution in [-0.2, 0) is 0 Å². The van der Waals surface area contributed by atoms with Crippen LogP contribution in [0.5, 0.6) is 0 Å². The molecule has 1 N–H and O–H groups in total. The molecule has 1 atom stereocenters. The highest BCUT2D eigenvalue weighted by Gasteiger charge is 2.25. The Morgan fingerprint density at radius 1 is 1.50 bits per heavy atom. The van der Waals surface area contributed by atoms with Crippen molar-refractivity contribution in [1.29, 1.82) is 0 Å². The van der Waals surface area contributed by atoms with Gasteiger partial charge in [0.2, 0.25) is 0 Å². The van der Waals surface area contributed by atoms with Crippen molar-refractivity contribution in [3.05, 3.63) is 23.9 Å². The summed E-state index contributed by atoms with van der Waals surface area (Å²) in [5, 5.41) is 3.06. The van der Waals surface area contributed by atoms with Crippen molar-refractivity contribution in [2.75, 3.05) is 25.5 Å². The topological polar surface area (TPSA) is 28.2 Å². The third kappa shape index (κ3) is 2.35. The number of nitrogens with one attached hydrogen (secondary N) is 1. The molecule has 16 heavy (non-hydrogen) atoms. The molecule has 2 rings (SSSR count). The predicted octanol–water partition coefficient (Wildman–Crippen LogP) is 2.67. The summed E-state index contributed by atoms with van der Waals surface area (Å²) in [6.07, 6.45) is 5.85. The molecule has 3 heteroatoms. The summed E-state index contributed by atoms with van der Waals surface area (Å²) < 4.78 is 0. The molecule has 0 amide bonds. The third-order valence-corrected chi connectivity index (χ3v) is 3.30. The molecule has 2 heterocycles. The van der Waals surface area contributed by atoms with Gasteiger partial charge in [0.15, 0.2) is 0 Å². The van der Waals surface area contributed by atoms with E-state index in [0.29, 0.717) is 6.04 Å². The Morgan fingerprint density at radius 3 is 3.00 bits per heavy atom. The van der Waals surface area contributed by atoms with Gasteiger partial charge in [0.25, 0.3) is 0 Å². The first-order valence-electron chi connectivity index (χ1n) is 6.23. The second-order valence-electron chi connectivity index (χ2n) is 4.42. The molecule has 0 aliphatic carbocycles. The van der Waals surface area contributed by atoms with Gasteiger partial charge in [-0.25, -0.2) is 4.98 Å². The first-order chi connectivity index (χ1) is 7.85. The summed E-state index contributed by atoms with van der Waals surface area (Å²) in [5.74, 6) is 0.948. The molecule has 3 nitrogen and oxygen atoms in total. The lowest BCUT2D eigenvalue weighted by Gasteiger charge is -2.23. The van der Waals surface area contributed by atoms with Crippen molar-refractivity contribution in [3.63, 3.8) is 0 Å². The maximum Gasteiger partial charge on any atom is 0.125 e. The highest BCUT2D eigenvalue weighted by atomic mass is 15.2. The summed E-state index contributed by atoms with van der Waals surface area (Å²) in [5.41, 5.74) is 1.37. The standard InChI is InChI=1S/C13H21N3/c1-3-8-16-9-4-5-12(16)11-6-7-13(14-2)15-10-11/h6-7,10,12H,3-5,8-9H2,1-2H3,(H,14,15). The Hall–Kier alpha value is -1.09. The van der Waals surface area contributed by atoms with Crippen molar-refractivity contribution in [2.45, 2.75) is 32.2 Å². The van der Waals surface area contributed by atoms with Gasteiger partial charge in [0.1, 0.15) is 5.82 Å². The van der Waals surface area contributed by atoms with E-state index in [1.54, 1.807) is 0 Å². The number of hydrogen-bond acceptors (Lipinski definition) is 3. The van der Waals surface area contributed by atoms with E-state index >= 15 is 0 Å². The van der Waals surface area contributed by atoms with E-state index in [0.717, 1.165) is 5.82 Å². The van der Waals surface area contributed by atoms with Gasteiger partial charge < -0.3 is 5.32 Å². The van der Waals surface area contributed by atoms with Gasteiger partial charge in [0.05, 0.1) is 0 Å². The molecule has 1 unspecified atom stereocenters. The molecule has 88 valence electrons. The highest BCUT2D eigenvalue weighted by Crippen LogP contribution is 2.31. The zero-order chi connectivity index (χ0) is 11.4. The van der Waals surface area contributed by atoms with Crippen LogP contribution < -0.4 is 5.32 Å². The summed E-state index contributed by atoms with van der Waals surface area (Å²) in [7, 11) is 1.90. The van der Waals surface area contributed by atoms with E-state index in [1.807, 2.05) is 13.2 Å². The molecule has 0 aromatic carbocycles. The minimum atomic E-state index is 0.596. The van der Waals surface area contributed by atoms with E-state index < -0.39 is 0 Å². The lowest BCUT2D eigenvalue weighted by molar-refractivity contribution is 0.257. The van der Waals surface area contributed by atoms with Gasteiger partial charge in [-0.1, -0.05) is 13.0 Å². The van der Waals surface area contributed by atoms with Crippen molar-refractivity contribution >= 4 is 5.82 Å². The molecule has 1 aliphatic rings. The number of anilines is 1. The van der Waals surface area contributed by atoms with Crippen LogP contribution in [-0.4, -0.2) is 30.0 Å². The summed E-state index contributed by atoms with van der Waals surface area (Å²) in [4.78, 5) is 6.98. The zero-order valence-electron chi connectivity index (χ0n) is 10.2. The zero-order valence-corrected chi connectivity index (χ0v) is 10.2. The van der Waals surface area contributed by atoms with E-state index in [4.69, 9.17) is 0 Å². The van der Waals surface area contributed by atoms with Crippen molar-refractivity contribution in [3.8, 4) is 0 Å². The number of likely N-dealkylation sites (tertiary alicyclic amines) is 1. The fraction of sp³-hybridized carbons (Fsp3) is 0.615. The van der Waals surface area contributed by atoms with Crippen LogP contribution in [0.25, 0.3) is 0 Å². The van der Waals surface area contributed by atoms with Gasteiger partial charge in [-0.05, 0) is 44.0 Å². The maximum atomic E-state index is 4.40. The number of pyridine rings is 1. The normalized spacial score (nSPS) is 21.2. The highest BCUT2D eigenvalue weighted by molar-refractivity contribution is 5.35. The van der Waals surface area contributed by atoms with Gasteiger partial charge in [-0.15, -0.1) is 0 Å². The predicted molar refractivity (Wildman–Crippen MR) is 67.6 cm³/mol. The van der Waals surface area contributed by atoms with Crippen LogP contribution in [0.4, 0.5) is 5.82 Å². The summed E-state index contributed by atoms with van der Waals surface area (Å²) in [6, 6.07) is 4.87. The Balaban J connectivity index is 2.09. The first-order valence-corrected chi connectivity index (χ1v) is 6.23. The van der Waals surface area contributed by atoms with Gasteiger partial charge in [-0.2, -0.15) is 0 Å². The molecular formula is C13H21N3. The van der Waals surface area contributed by atoms with E-state index in [-0.39, 0.29) is 0 Å². The lowest BCUT2D eigenvalue weighted by Crippen LogP contribution is -2.24. The van der Waals surface area contributed by atoms with Gasteiger partial charge in [-0.3, -0.25) is 4.90 Å². The minimum absolute atomic E-state index is 0.596. The van der Waals surface area contributed by atoms with Gasteiger partial charge >= 0.3 is 0 Å². The summed E-state index contributed by atoms with van der Waals surface area (Å²) >= 11 is 0. The van der Waals surface area contributed by atoms with E-state index in [9.17, 15) is 0 Å². The summed E-state index contributed by atoms with van der Waals surface area (Å²) in [6.45, 7) is 4.70. The van der Waals surface area contributed by atoms with Crippen LogP contribution in [0.1, 0.15) is 37.8 Å². The van der Waals surface area contributed by atoms with Crippen molar-refractivity contribution in [1.82, 2.24) is 9.88 Å². The molecule has 0 spiro atoms.